The van der Waals surface area contributed by atoms with Crippen LogP contribution >= 0.6 is 0 Å². The molecule has 9 rings (SSSR count). The number of hydrogen-bond donors (Lipinski definition) is 0. The van der Waals surface area contributed by atoms with Crippen LogP contribution < -0.4 is 0 Å². The fourth-order valence-electron chi connectivity index (χ4n) is 7.45. The predicted molar refractivity (Wildman–Crippen MR) is 180 cm³/mol. The summed E-state index contributed by atoms with van der Waals surface area (Å²) in [6, 6.07) is 36.0. The Bertz CT molecular complexity index is 2310. The first-order valence-corrected chi connectivity index (χ1v) is 15.0. The lowest BCUT2D eigenvalue weighted by Gasteiger charge is -2.17. The topological polar surface area (TPSA) is 9.86 Å². The molecule has 2 heterocycles. The van der Waals surface area contributed by atoms with E-state index < -0.39 is 0 Å². The molecule has 2 heteroatoms. The molecule has 1 atom stereocenters. The van der Waals surface area contributed by atoms with E-state index in [1.165, 1.54) is 77.2 Å². The highest BCUT2D eigenvalue weighted by molar-refractivity contribution is 6.15. The third-order valence-corrected chi connectivity index (χ3v) is 9.32. The second kappa shape index (κ2) is 8.96. The molecule has 2 aliphatic rings. The highest BCUT2D eigenvalue weighted by Crippen LogP contribution is 2.44. The molecule has 0 fully saturated rings. The van der Waals surface area contributed by atoms with Crippen molar-refractivity contribution in [1.29, 1.82) is 0 Å². The number of nitrogens with zero attached hydrogens (tertiary/aromatic N) is 2. The van der Waals surface area contributed by atoms with Crippen molar-refractivity contribution in [3.8, 4) is 11.4 Å². The average Bonchev–Trinajstić information content (AvgIpc) is 3.39. The number of hydrogen-bond acceptors (Lipinski definition) is 0. The monoisotopic (exact) mass is 538 g/mol. The maximum atomic E-state index is 2.52. The summed E-state index contributed by atoms with van der Waals surface area (Å²) in [4.78, 5) is 0. The molecule has 0 radical (unpaired) electrons. The zero-order valence-corrected chi connectivity index (χ0v) is 23.6. The third kappa shape index (κ3) is 3.27. The van der Waals surface area contributed by atoms with E-state index in [-0.39, 0.29) is 0 Å². The molecule has 1 unspecified atom stereocenters. The lowest BCUT2D eigenvalue weighted by atomic mass is 9.90. The van der Waals surface area contributed by atoms with Crippen molar-refractivity contribution in [1.82, 2.24) is 9.13 Å². The Hall–Kier alpha value is -5.08. The SMILES string of the molecule is CC1CC=Cc2c1c1cc3c(cc1n2-c1cccc2ccccc12)c1ccccc1n3-c1cccc2c1C=CCC=C2. The minimum Gasteiger partial charge on any atom is -0.309 e. The van der Waals surface area contributed by atoms with Gasteiger partial charge >= 0.3 is 0 Å². The summed E-state index contributed by atoms with van der Waals surface area (Å²) >= 11 is 0. The number of para-hydroxylation sites is 1. The molecule has 42 heavy (non-hydrogen) atoms. The minimum atomic E-state index is 0.445. The van der Waals surface area contributed by atoms with Crippen LogP contribution in [0.5, 0.6) is 0 Å². The van der Waals surface area contributed by atoms with Crippen LogP contribution in [0, 0.1) is 0 Å². The molecule has 0 amide bonds. The van der Waals surface area contributed by atoms with Crippen LogP contribution in [-0.4, -0.2) is 9.13 Å². The molecule has 0 saturated carbocycles. The molecular weight excluding hydrogens is 508 g/mol. The van der Waals surface area contributed by atoms with Gasteiger partial charge in [-0.25, -0.2) is 0 Å². The summed E-state index contributed by atoms with van der Waals surface area (Å²) in [5.74, 6) is 0.445. The van der Waals surface area contributed by atoms with E-state index in [4.69, 9.17) is 0 Å². The first-order valence-electron chi connectivity index (χ1n) is 15.0. The molecule has 5 aromatic carbocycles. The summed E-state index contributed by atoms with van der Waals surface area (Å²) in [6.07, 6.45) is 15.8. The van der Waals surface area contributed by atoms with Crippen molar-refractivity contribution in [2.75, 3.05) is 0 Å². The van der Waals surface area contributed by atoms with Crippen molar-refractivity contribution in [3.63, 3.8) is 0 Å². The summed E-state index contributed by atoms with van der Waals surface area (Å²) in [7, 11) is 0. The van der Waals surface area contributed by atoms with Gasteiger partial charge in [0.05, 0.1) is 33.6 Å². The smallest absolute Gasteiger partial charge is 0.0548 e. The highest BCUT2D eigenvalue weighted by atomic mass is 15.0. The van der Waals surface area contributed by atoms with Crippen LogP contribution in [0.1, 0.15) is 48.1 Å². The first-order chi connectivity index (χ1) is 20.8. The van der Waals surface area contributed by atoms with E-state index in [9.17, 15) is 0 Å². The summed E-state index contributed by atoms with van der Waals surface area (Å²) in [6.45, 7) is 2.38. The lowest BCUT2D eigenvalue weighted by Crippen LogP contribution is -2.03. The van der Waals surface area contributed by atoms with Gasteiger partial charge in [0.2, 0.25) is 0 Å². The Kier molecular flexibility index (Phi) is 5.04. The second-order valence-corrected chi connectivity index (χ2v) is 11.7. The van der Waals surface area contributed by atoms with Crippen LogP contribution in [0.3, 0.4) is 0 Å². The van der Waals surface area contributed by atoms with E-state index in [1.54, 1.807) is 0 Å². The number of benzene rings is 5. The van der Waals surface area contributed by atoms with Crippen LogP contribution in [0.25, 0.3) is 73.1 Å². The largest absolute Gasteiger partial charge is 0.309 e. The number of aromatic nitrogens is 2. The quantitative estimate of drug-likeness (QED) is 0.207. The van der Waals surface area contributed by atoms with E-state index in [0.29, 0.717) is 5.92 Å². The predicted octanol–water partition coefficient (Wildman–Crippen LogP) is 10.8. The molecule has 0 spiro atoms. The number of allylic oxidation sites excluding steroid dienone is 3. The standard InChI is InChI=1S/C40H30N2/c1-26-12-9-23-37-40(26)33-25-38-32(24-39(33)42(37)35-22-11-16-28-14-5-6-18-30(28)35)31-19-7-8-20-36(31)41(38)34-21-10-15-27-13-3-2-4-17-29(27)34/h3-11,13-26H,2,12H2,1H3. The molecule has 0 aliphatic heterocycles. The van der Waals surface area contributed by atoms with Crippen molar-refractivity contribution in [2.24, 2.45) is 0 Å². The highest BCUT2D eigenvalue weighted by Gasteiger charge is 2.26. The lowest BCUT2D eigenvalue weighted by molar-refractivity contribution is 0.773. The molecule has 2 nitrogen and oxygen atoms in total. The van der Waals surface area contributed by atoms with E-state index in [2.05, 4.69) is 150 Å². The van der Waals surface area contributed by atoms with Gasteiger partial charge < -0.3 is 9.13 Å². The van der Waals surface area contributed by atoms with Gasteiger partial charge in [-0.3, -0.25) is 0 Å². The molecule has 200 valence electrons. The normalized spacial score (nSPS) is 16.0. The summed E-state index contributed by atoms with van der Waals surface area (Å²) in [5.41, 5.74) is 11.6. The number of fused-ring (bicyclic) bond motifs is 8. The Labute approximate surface area is 245 Å². The summed E-state index contributed by atoms with van der Waals surface area (Å²) in [5, 5.41) is 6.47. The molecule has 0 N–H and O–H groups in total. The second-order valence-electron chi connectivity index (χ2n) is 11.7. The van der Waals surface area contributed by atoms with Crippen LogP contribution in [0.2, 0.25) is 0 Å². The zero-order chi connectivity index (χ0) is 27.8. The van der Waals surface area contributed by atoms with E-state index >= 15 is 0 Å². The van der Waals surface area contributed by atoms with Crippen LogP contribution in [-0.2, 0) is 0 Å². The van der Waals surface area contributed by atoms with E-state index in [0.717, 1.165) is 12.8 Å². The Balaban J connectivity index is 1.45. The van der Waals surface area contributed by atoms with Gasteiger partial charge in [-0.15, -0.1) is 0 Å². The summed E-state index contributed by atoms with van der Waals surface area (Å²) < 4.78 is 5.02. The first kappa shape index (κ1) is 23.6. The Morgan fingerprint density at radius 2 is 1.31 bits per heavy atom. The minimum absolute atomic E-state index is 0.445. The molecule has 2 aromatic heterocycles. The van der Waals surface area contributed by atoms with Crippen molar-refractivity contribution >= 4 is 61.7 Å². The molecule has 0 saturated heterocycles. The Morgan fingerprint density at radius 1 is 0.571 bits per heavy atom. The fourth-order valence-corrected chi connectivity index (χ4v) is 7.45. The van der Waals surface area contributed by atoms with Crippen molar-refractivity contribution in [2.45, 2.75) is 25.7 Å². The molecule has 0 bridgehead atoms. The van der Waals surface area contributed by atoms with Crippen LogP contribution in [0.15, 0.2) is 115 Å². The van der Waals surface area contributed by atoms with Gasteiger partial charge in [0.25, 0.3) is 0 Å². The third-order valence-electron chi connectivity index (χ3n) is 9.32. The van der Waals surface area contributed by atoms with E-state index in [1.807, 2.05) is 0 Å². The van der Waals surface area contributed by atoms with Crippen molar-refractivity contribution < 1.29 is 0 Å². The maximum absolute atomic E-state index is 2.52. The fraction of sp³-hybridized carbons (Fsp3) is 0.100. The molecule has 2 aliphatic carbocycles. The zero-order valence-electron chi connectivity index (χ0n) is 23.6. The van der Waals surface area contributed by atoms with Crippen molar-refractivity contribution in [3.05, 3.63) is 138 Å². The van der Waals surface area contributed by atoms with Gasteiger partial charge in [-0.05, 0) is 71.7 Å². The maximum Gasteiger partial charge on any atom is 0.0548 e. The van der Waals surface area contributed by atoms with Crippen LogP contribution in [0.4, 0.5) is 0 Å². The van der Waals surface area contributed by atoms with Gasteiger partial charge in [-0.2, -0.15) is 0 Å². The average molecular weight is 539 g/mol. The van der Waals surface area contributed by atoms with Gasteiger partial charge in [0.15, 0.2) is 0 Å². The van der Waals surface area contributed by atoms with Gasteiger partial charge in [-0.1, -0.05) is 104 Å². The molecule has 7 aromatic rings. The van der Waals surface area contributed by atoms with Gasteiger partial charge in [0.1, 0.15) is 0 Å². The number of rotatable bonds is 2. The van der Waals surface area contributed by atoms with Gasteiger partial charge in [0, 0.05) is 27.1 Å². The Morgan fingerprint density at radius 3 is 2.26 bits per heavy atom. The molecular formula is C40H30N2.